The molecule has 0 aliphatic rings. The molecule has 4 aromatic rings. The molecule has 4 rings (SSSR count). The van der Waals surface area contributed by atoms with Crippen LogP contribution in [0, 0.1) is 0 Å². The SMILES string of the molecule is CN(C(=O)c1cccc(NC(=O)CNc2cccc(OCCCc3ccccc3)c2)c1)c1ccccc1. The van der Waals surface area contributed by atoms with Crippen molar-refractivity contribution in [3.05, 3.63) is 120 Å². The van der Waals surface area contributed by atoms with Gasteiger partial charge in [-0.3, -0.25) is 9.59 Å². The van der Waals surface area contributed by atoms with Crippen LogP contribution in [-0.2, 0) is 11.2 Å². The molecular weight excluding hydrogens is 462 g/mol. The van der Waals surface area contributed by atoms with E-state index in [4.69, 9.17) is 4.74 Å². The zero-order chi connectivity index (χ0) is 25.9. The van der Waals surface area contributed by atoms with E-state index in [0.29, 0.717) is 17.9 Å². The van der Waals surface area contributed by atoms with Crippen LogP contribution >= 0.6 is 0 Å². The van der Waals surface area contributed by atoms with E-state index in [1.165, 1.54) is 5.56 Å². The number of ether oxygens (including phenoxy) is 1. The first-order chi connectivity index (χ1) is 18.1. The van der Waals surface area contributed by atoms with E-state index >= 15 is 0 Å². The summed E-state index contributed by atoms with van der Waals surface area (Å²) >= 11 is 0. The fraction of sp³-hybridized carbons (Fsp3) is 0.161. The van der Waals surface area contributed by atoms with Crippen LogP contribution in [0.4, 0.5) is 17.1 Å². The van der Waals surface area contributed by atoms with Gasteiger partial charge in [0, 0.05) is 35.7 Å². The number of hydrogen-bond donors (Lipinski definition) is 2. The minimum absolute atomic E-state index is 0.0829. The Morgan fingerprint density at radius 2 is 1.49 bits per heavy atom. The largest absolute Gasteiger partial charge is 0.494 e. The zero-order valence-electron chi connectivity index (χ0n) is 20.9. The van der Waals surface area contributed by atoms with Gasteiger partial charge in [0.15, 0.2) is 0 Å². The van der Waals surface area contributed by atoms with E-state index in [9.17, 15) is 9.59 Å². The number of para-hydroxylation sites is 1. The van der Waals surface area contributed by atoms with Crippen molar-refractivity contribution in [3.8, 4) is 5.75 Å². The molecule has 0 aliphatic heterocycles. The first kappa shape index (κ1) is 25.5. The molecule has 0 radical (unpaired) electrons. The monoisotopic (exact) mass is 493 g/mol. The molecule has 0 aliphatic carbocycles. The van der Waals surface area contributed by atoms with Crippen molar-refractivity contribution in [2.75, 3.05) is 35.7 Å². The smallest absolute Gasteiger partial charge is 0.258 e. The van der Waals surface area contributed by atoms with E-state index in [1.54, 1.807) is 36.2 Å². The van der Waals surface area contributed by atoms with Gasteiger partial charge in [-0.15, -0.1) is 0 Å². The second-order valence-corrected chi connectivity index (χ2v) is 8.65. The summed E-state index contributed by atoms with van der Waals surface area (Å²) in [6.07, 6.45) is 1.89. The molecule has 6 nitrogen and oxygen atoms in total. The molecule has 0 saturated carbocycles. The molecule has 6 heteroatoms. The van der Waals surface area contributed by atoms with Gasteiger partial charge < -0.3 is 20.3 Å². The molecule has 0 heterocycles. The molecule has 0 fully saturated rings. The molecular formula is C31H31N3O3. The number of amides is 2. The molecule has 0 atom stereocenters. The fourth-order valence-electron chi connectivity index (χ4n) is 3.89. The summed E-state index contributed by atoms with van der Waals surface area (Å²) in [5.74, 6) is 0.392. The molecule has 2 N–H and O–H groups in total. The Hall–Kier alpha value is -4.58. The van der Waals surface area contributed by atoms with Gasteiger partial charge in [-0.05, 0) is 60.9 Å². The number of rotatable bonds is 11. The maximum atomic E-state index is 12.9. The van der Waals surface area contributed by atoms with Gasteiger partial charge in [0.1, 0.15) is 5.75 Å². The predicted molar refractivity (Wildman–Crippen MR) is 149 cm³/mol. The normalized spacial score (nSPS) is 10.4. The lowest BCUT2D eigenvalue weighted by Gasteiger charge is -2.18. The average molecular weight is 494 g/mol. The zero-order valence-corrected chi connectivity index (χ0v) is 20.9. The molecule has 2 amide bonds. The maximum Gasteiger partial charge on any atom is 0.258 e. The number of nitrogens with one attached hydrogen (secondary N) is 2. The van der Waals surface area contributed by atoms with Crippen LogP contribution in [-0.4, -0.2) is 32.0 Å². The van der Waals surface area contributed by atoms with Gasteiger partial charge in [-0.2, -0.15) is 0 Å². The standard InChI is InChI=1S/C31H31N3O3/c1-34(28-17-6-3-7-18-28)31(36)25-14-8-16-27(21-25)33-30(35)23-32-26-15-9-19-29(22-26)37-20-10-13-24-11-4-2-5-12-24/h2-9,11-12,14-19,21-22,32H,10,13,20,23H2,1H3,(H,33,35). The second-order valence-electron chi connectivity index (χ2n) is 8.65. The number of aryl methyl sites for hydroxylation is 1. The minimum atomic E-state index is -0.213. The Balaban J connectivity index is 1.25. The van der Waals surface area contributed by atoms with Crippen LogP contribution < -0.4 is 20.3 Å². The topological polar surface area (TPSA) is 70.7 Å². The third kappa shape index (κ3) is 7.70. The third-order valence-corrected chi connectivity index (χ3v) is 5.85. The highest BCUT2D eigenvalue weighted by atomic mass is 16.5. The Morgan fingerprint density at radius 3 is 2.27 bits per heavy atom. The highest BCUT2D eigenvalue weighted by Crippen LogP contribution is 2.19. The van der Waals surface area contributed by atoms with Gasteiger partial charge in [-0.1, -0.05) is 60.7 Å². The molecule has 0 bridgehead atoms. The summed E-state index contributed by atoms with van der Waals surface area (Å²) in [7, 11) is 1.73. The van der Waals surface area contributed by atoms with Crippen molar-refractivity contribution in [2.45, 2.75) is 12.8 Å². The molecule has 0 spiro atoms. The van der Waals surface area contributed by atoms with Crippen LogP contribution in [0.1, 0.15) is 22.3 Å². The first-order valence-electron chi connectivity index (χ1n) is 12.3. The lowest BCUT2D eigenvalue weighted by Crippen LogP contribution is -2.26. The van der Waals surface area contributed by atoms with E-state index < -0.39 is 0 Å². The van der Waals surface area contributed by atoms with Gasteiger partial charge in [0.25, 0.3) is 5.91 Å². The molecule has 4 aromatic carbocycles. The summed E-state index contributed by atoms with van der Waals surface area (Å²) in [4.78, 5) is 27.0. The summed E-state index contributed by atoms with van der Waals surface area (Å²) in [6.45, 7) is 0.701. The molecule has 0 saturated heterocycles. The quantitative estimate of drug-likeness (QED) is 0.251. The Morgan fingerprint density at radius 1 is 0.784 bits per heavy atom. The van der Waals surface area contributed by atoms with Crippen LogP contribution in [0.2, 0.25) is 0 Å². The average Bonchev–Trinajstić information content (AvgIpc) is 2.95. The lowest BCUT2D eigenvalue weighted by molar-refractivity contribution is -0.114. The predicted octanol–water partition coefficient (Wildman–Crippen LogP) is 6.03. The number of nitrogens with zero attached hydrogens (tertiary/aromatic N) is 1. The van der Waals surface area contributed by atoms with Gasteiger partial charge in [0.05, 0.1) is 13.2 Å². The van der Waals surface area contributed by atoms with Crippen molar-refractivity contribution in [2.24, 2.45) is 0 Å². The van der Waals surface area contributed by atoms with Crippen LogP contribution in [0.5, 0.6) is 5.75 Å². The van der Waals surface area contributed by atoms with Gasteiger partial charge >= 0.3 is 0 Å². The van der Waals surface area contributed by atoms with Crippen molar-refractivity contribution >= 4 is 28.9 Å². The number of carbonyl (C=O) groups is 2. The fourth-order valence-corrected chi connectivity index (χ4v) is 3.89. The second kappa shape index (κ2) is 12.9. The molecule has 0 unspecified atom stereocenters. The van der Waals surface area contributed by atoms with Crippen molar-refractivity contribution < 1.29 is 14.3 Å². The van der Waals surface area contributed by atoms with E-state index in [2.05, 4.69) is 22.8 Å². The number of carbonyl (C=O) groups excluding carboxylic acids is 2. The number of anilines is 3. The van der Waals surface area contributed by atoms with Crippen LogP contribution in [0.3, 0.4) is 0 Å². The summed E-state index contributed by atoms with van der Waals surface area (Å²) in [6, 6.07) is 34.3. The first-order valence-corrected chi connectivity index (χ1v) is 12.3. The lowest BCUT2D eigenvalue weighted by atomic mass is 10.1. The van der Waals surface area contributed by atoms with Gasteiger partial charge in [0.2, 0.25) is 5.91 Å². The number of hydrogen-bond acceptors (Lipinski definition) is 4. The van der Waals surface area contributed by atoms with Crippen LogP contribution in [0.15, 0.2) is 109 Å². The summed E-state index contributed by atoms with van der Waals surface area (Å²) in [5.41, 5.74) is 3.95. The third-order valence-electron chi connectivity index (χ3n) is 5.85. The summed E-state index contributed by atoms with van der Waals surface area (Å²) < 4.78 is 5.88. The maximum absolute atomic E-state index is 12.9. The Kier molecular flexibility index (Phi) is 8.92. The van der Waals surface area contributed by atoms with E-state index in [0.717, 1.165) is 30.0 Å². The molecule has 37 heavy (non-hydrogen) atoms. The molecule has 188 valence electrons. The van der Waals surface area contributed by atoms with Crippen molar-refractivity contribution in [3.63, 3.8) is 0 Å². The van der Waals surface area contributed by atoms with E-state index in [1.807, 2.05) is 72.8 Å². The number of benzene rings is 4. The minimum Gasteiger partial charge on any atom is -0.494 e. The Labute approximate surface area is 217 Å². The van der Waals surface area contributed by atoms with Gasteiger partial charge in [-0.25, -0.2) is 0 Å². The van der Waals surface area contributed by atoms with Crippen molar-refractivity contribution in [1.82, 2.24) is 0 Å². The molecule has 0 aromatic heterocycles. The Bertz CT molecular complexity index is 1310. The van der Waals surface area contributed by atoms with E-state index in [-0.39, 0.29) is 18.4 Å². The highest BCUT2D eigenvalue weighted by Gasteiger charge is 2.14. The van der Waals surface area contributed by atoms with Crippen LogP contribution in [0.25, 0.3) is 0 Å². The van der Waals surface area contributed by atoms with Crippen molar-refractivity contribution in [1.29, 1.82) is 0 Å². The summed E-state index contributed by atoms with van der Waals surface area (Å²) in [5, 5.41) is 5.99. The highest BCUT2D eigenvalue weighted by molar-refractivity contribution is 6.06.